The van der Waals surface area contributed by atoms with Gasteiger partial charge in [0.2, 0.25) is 0 Å². The zero-order valence-electron chi connectivity index (χ0n) is 12.6. The number of hydrogen-bond donors (Lipinski definition) is 1. The van der Waals surface area contributed by atoms with Crippen molar-refractivity contribution in [1.82, 2.24) is 25.5 Å². The summed E-state index contributed by atoms with van der Waals surface area (Å²) in [5, 5.41) is 14.4. The molecule has 0 fully saturated rings. The fraction of sp³-hybridized carbons (Fsp3) is 0.125. The molecule has 0 spiro atoms. The third kappa shape index (κ3) is 3.48. The summed E-state index contributed by atoms with van der Waals surface area (Å²) < 4.78 is 15.7. The molecule has 0 aliphatic rings. The molecule has 1 unspecified atom stereocenters. The molecule has 1 amide bonds. The molecule has 1 heterocycles. The van der Waals surface area contributed by atoms with Crippen LogP contribution in [-0.4, -0.2) is 26.1 Å². The lowest BCUT2D eigenvalue weighted by Crippen LogP contribution is -2.28. The van der Waals surface area contributed by atoms with Gasteiger partial charge in [-0.3, -0.25) is 4.79 Å². The van der Waals surface area contributed by atoms with Crippen molar-refractivity contribution in [3.63, 3.8) is 0 Å². The fourth-order valence-corrected chi connectivity index (χ4v) is 2.62. The number of halogens is 2. The standard InChI is InChI=1S/C16H13BrFN5O/c1-10(19-16(24)11-4-2-6-13(18)8-11)15-20-21-22-23(15)14-7-3-5-12(17)9-14/h2-10H,1H3,(H,19,24). The van der Waals surface area contributed by atoms with E-state index in [0.717, 1.165) is 10.2 Å². The van der Waals surface area contributed by atoms with Gasteiger partial charge in [0, 0.05) is 10.0 Å². The maximum absolute atomic E-state index is 13.2. The molecule has 0 radical (unpaired) electrons. The number of carbonyl (C=O) groups is 1. The number of rotatable bonds is 4. The van der Waals surface area contributed by atoms with Gasteiger partial charge in [0.05, 0.1) is 11.7 Å². The molecule has 1 N–H and O–H groups in total. The smallest absolute Gasteiger partial charge is 0.251 e. The van der Waals surface area contributed by atoms with Crippen LogP contribution in [-0.2, 0) is 0 Å². The molecule has 24 heavy (non-hydrogen) atoms. The fourth-order valence-electron chi connectivity index (χ4n) is 2.23. The summed E-state index contributed by atoms with van der Waals surface area (Å²) in [5.41, 5.74) is 1.000. The number of carbonyl (C=O) groups excluding carboxylic acids is 1. The number of aromatic nitrogens is 4. The van der Waals surface area contributed by atoms with E-state index in [1.165, 1.54) is 18.2 Å². The van der Waals surface area contributed by atoms with Crippen LogP contribution in [0.1, 0.15) is 29.1 Å². The first-order chi connectivity index (χ1) is 11.5. The molecule has 3 aromatic rings. The molecule has 0 aliphatic carbocycles. The van der Waals surface area contributed by atoms with E-state index >= 15 is 0 Å². The average Bonchev–Trinajstić information content (AvgIpc) is 3.04. The summed E-state index contributed by atoms with van der Waals surface area (Å²) >= 11 is 3.40. The number of nitrogens with zero attached hydrogens (tertiary/aromatic N) is 4. The van der Waals surface area contributed by atoms with Gasteiger partial charge in [-0.25, -0.2) is 4.39 Å². The number of benzene rings is 2. The molecular weight excluding hydrogens is 377 g/mol. The van der Waals surface area contributed by atoms with Gasteiger partial charge in [-0.1, -0.05) is 28.1 Å². The molecule has 0 bridgehead atoms. The number of hydrogen-bond acceptors (Lipinski definition) is 4. The Kier molecular flexibility index (Phi) is 4.66. The van der Waals surface area contributed by atoms with Crippen molar-refractivity contribution in [3.8, 4) is 5.69 Å². The lowest BCUT2D eigenvalue weighted by atomic mass is 10.2. The lowest BCUT2D eigenvalue weighted by Gasteiger charge is -2.14. The van der Waals surface area contributed by atoms with E-state index in [1.807, 2.05) is 24.3 Å². The predicted octanol–water partition coefficient (Wildman–Crippen LogP) is 3.05. The Hall–Kier alpha value is -2.61. The number of tetrazole rings is 1. The van der Waals surface area contributed by atoms with E-state index in [0.29, 0.717) is 5.82 Å². The van der Waals surface area contributed by atoms with Crippen LogP contribution in [0.15, 0.2) is 53.0 Å². The molecule has 1 aromatic heterocycles. The van der Waals surface area contributed by atoms with Crippen LogP contribution in [0, 0.1) is 5.82 Å². The Morgan fingerprint density at radius 3 is 2.79 bits per heavy atom. The van der Waals surface area contributed by atoms with Gasteiger partial charge >= 0.3 is 0 Å². The molecule has 6 nitrogen and oxygen atoms in total. The van der Waals surface area contributed by atoms with Crippen LogP contribution >= 0.6 is 15.9 Å². The van der Waals surface area contributed by atoms with Crippen LogP contribution in [0.5, 0.6) is 0 Å². The van der Waals surface area contributed by atoms with Crippen molar-refractivity contribution in [2.75, 3.05) is 0 Å². The molecule has 2 aromatic carbocycles. The molecule has 0 aliphatic heterocycles. The zero-order valence-corrected chi connectivity index (χ0v) is 14.2. The van der Waals surface area contributed by atoms with Crippen LogP contribution in [0.3, 0.4) is 0 Å². The first-order valence-electron chi connectivity index (χ1n) is 7.15. The summed E-state index contributed by atoms with van der Waals surface area (Å²) in [6.45, 7) is 1.76. The van der Waals surface area contributed by atoms with E-state index in [9.17, 15) is 9.18 Å². The Morgan fingerprint density at radius 1 is 1.25 bits per heavy atom. The largest absolute Gasteiger partial charge is 0.342 e. The summed E-state index contributed by atoms with van der Waals surface area (Å²) in [6, 6.07) is 12.5. The summed E-state index contributed by atoms with van der Waals surface area (Å²) in [6.07, 6.45) is 0. The molecule has 122 valence electrons. The van der Waals surface area contributed by atoms with Crippen LogP contribution in [0.4, 0.5) is 4.39 Å². The average molecular weight is 390 g/mol. The quantitative estimate of drug-likeness (QED) is 0.743. The Bertz CT molecular complexity index is 882. The van der Waals surface area contributed by atoms with Gasteiger partial charge in [-0.05, 0) is 53.7 Å². The first-order valence-corrected chi connectivity index (χ1v) is 7.94. The minimum absolute atomic E-state index is 0.239. The Labute approximate surface area is 145 Å². The second-order valence-electron chi connectivity index (χ2n) is 5.13. The topological polar surface area (TPSA) is 72.7 Å². The van der Waals surface area contributed by atoms with E-state index in [1.54, 1.807) is 17.7 Å². The van der Waals surface area contributed by atoms with E-state index < -0.39 is 17.8 Å². The zero-order chi connectivity index (χ0) is 17.1. The first kappa shape index (κ1) is 16.3. The highest BCUT2D eigenvalue weighted by Crippen LogP contribution is 2.18. The van der Waals surface area contributed by atoms with Crippen molar-refractivity contribution in [3.05, 3.63) is 70.2 Å². The Balaban J connectivity index is 1.83. The molecule has 0 saturated heterocycles. The maximum atomic E-state index is 13.2. The molecule has 0 saturated carbocycles. The second kappa shape index (κ2) is 6.88. The van der Waals surface area contributed by atoms with Crippen LogP contribution in [0.2, 0.25) is 0 Å². The lowest BCUT2D eigenvalue weighted by molar-refractivity contribution is 0.0937. The monoisotopic (exact) mass is 389 g/mol. The minimum atomic E-state index is -0.464. The molecule has 1 atom stereocenters. The Morgan fingerprint density at radius 2 is 2.04 bits per heavy atom. The van der Waals surface area contributed by atoms with Crippen molar-refractivity contribution in [2.45, 2.75) is 13.0 Å². The molecule has 3 rings (SSSR count). The van der Waals surface area contributed by atoms with E-state index in [-0.39, 0.29) is 5.56 Å². The third-order valence-electron chi connectivity index (χ3n) is 3.37. The number of amides is 1. The highest BCUT2D eigenvalue weighted by molar-refractivity contribution is 9.10. The number of nitrogens with one attached hydrogen (secondary N) is 1. The van der Waals surface area contributed by atoms with Gasteiger partial charge in [-0.15, -0.1) is 5.10 Å². The van der Waals surface area contributed by atoms with Gasteiger partial charge in [0.25, 0.3) is 5.91 Å². The summed E-state index contributed by atoms with van der Waals surface area (Å²) in [4.78, 5) is 12.2. The van der Waals surface area contributed by atoms with Crippen LogP contribution in [0.25, 0.3) is 5.69 Å². The van der Waals surface area contributed by atoms with Crippen LogP contribution < -0.4 is 5.32 Å². The summed E-state index contributed by atoms with van der Waals surface area (Å²) in [7, 11) is 0. The van der Waals surface area contributed by atoms with Crippen molar-refractivity contribution in [2.24, 2.45) is 0 Å². The van der Waals surface area contributed by atoms with Gasteiger partial charge in [-0.2, -0.15) is 4.68 Å². The highest BCUT2D eigenvalue weighted by Gasteiger charge is 2.19. The SMILES string of the molecule is CC(NC(=O)c1cccc(F)c1)c1nnnn1-c1cccc(Br)c1. The van der Waals surface area contributed by atoms with Crippen molar-refractivity contribution in [1.29, 1.82) is 0 Å². The van der Waals surface area contributed by atoms with E-state index in [4.69, 9.17) is 0 Å². The van der Waals surface area contributed by atoms with Gasteiger partial charge < -0.3 is 5.32 Å². The van der Waals surface area contributed by atoms with Crippen molar-refractivity contribution < 1.29 is 9.18 Å². The highest BCUT2D eigenvalue weighted by atomic mass is 79.9. The normalized spacial score (nSPS) is 12.0. The van der Waals surface area contributed by atoms with Gasteiger partial charge in [0.1, 0.15) is 5.82 Å². The van der Waals surface area contributed by atoms with Crippen molar-refractivity contribution >= 4 is 21.8 Å². The molecular formula is C16H13BrFN5O. The third-order valence-corrected chi connectivity index (χ3v) is 3.86. The van der Waals surface area contributed by atoms with E-state index in [2.05, 4.69) is 36.8 Å². The predicted molar refractivity (Wildman–Crippen MR) is 89.1 cm³/mol. The maximum Gasteiger partial charge on any atom is 0.251 e. The minimum Gasteiger partial charge on any atom is -0.342 e. The van der Waals surface area contributed by atoms with Gasteiger partial charge in [0.15, 0.2) is 5.82 Å². The second-order valence-corrected chi connectivity index (χ2v) is 6.05. The molecule has 8 heteroatoms. The summed E-state index contributed by atoms with van der Waals surface area (Å²) in [5.74, 6) is -0.391.